The first kappa shape index (κ1) is 25.9. The Hall–Kier alpha value is -1.23. The van der Waals surface area contributed by atoms with Gasteiger partial charge in [-0.3, -0.25) is 4.79 Å². The molecule has 2 saturated carbocycles. The van der Waals surface area contributed by atoms with Crippen LogP contribution in [0.1, 0.15) is 87.2 Å². The van der Waals surface area contributed by atoms with Crippen LogP contribution in [0.2, 0.25) is 0 Å². The molecule has 0 radical (unpaired) electrons. The van der Waals surface area contributed by atoms with Crippen molar-refractivity contribution < 1.29 is 25.2 Å². The zero-order chi connectivity index (χ0) is 24.4. The summed E-state index contributed by atoms with van der Waals surface area (Å²) in [6.45, 7) is 0. The molecule has 2 atom stereocenters. The third-order valence-corrected chi connectivity index (χ3v) is 9.91. The number of aromatic hydroxyl groups is 4. The first-order valence-corrected chi connectivity index (χ1v) is 14.4. The molecule has 4 N–H and O–H groups in total. The number of carbonyl (C=O) groups excluding carboxylic acids is 1. The van der Waals surface area contributed by atoms with E-state index in [9.17, 15) is 25.2 Å². The fourth-order valence-corrected chi connectivity index (χ4v) is 6.88. The molecule has 0 aromatic heterocycles. The Bertz CT molecular complexity index is 960. The normalized spacial score (nSPS) is 18.9. The standard InChI is InChI=1S/C27H32I2O5/c28-23-21(30)11-9-17(26(23)33)19(13-15-5-1-2-6-15)25(32)20(14-16-7-3-4-8-16)18-10-12-22(31)24(29)27(18)34/h9-12,15-16,19-20,30-31,33-34H,1-8,13-14H2. The highest BCUT2D eigenvalue weighted by Gasteiger charge is 2.37. The van der Waals surface area contributed by atoms with E-state index in [0.717, 1.165) is 51.4 Å². The molecule has 7 heteroatoms. The number of hydrogen-bond acceptors (Lipinski definition) is 5. The van der Waals surface area contributed by atoms with Crippen molar-refractivity contribution in [2.45, 2.75) is 76.0 Å². The summed E-state index contributed by atoms with van der Waals surface area (Å²) >= 11 is 3.84. The average molecular weight is 690 g/mol. The zero-order valence-electron chi connectivity index (χ0n) is 19.1. The average Bonchev–Trinajstić information content (AvgIpc) is 3.53. The summed E-state index contributed by atoms with van der Waals surface area (Å²) < 4.78 is 0.711. The van der Waals surface area contributed by atoms with E-state index in [1.807, 2.05) is 45.2 Å². The Balaban J connectivity index is 1.77. The van der Waals surface area contributed by atoms with E-state index in [4.69, 9.17) is 0 Å². The molecule has 2 fully saturated rings. The lowest BCUT2D eigenvalue weighted by Gasteiger charge is -2.28. The Kier molecular flexibility index (Phi) is 8.53. The summed E-state index contributed by atoms with van der Waals surface area (Å²) in [5, 5.41) is 42.1. The maximum atomic E-state index is 14.4. The molecule has 4 rings (SSSR count). The van der Waals surface area contributed by atoms with Crippen molar-refractivity contribution in [3.8, 4) is 23.0 Å². The zero-order valence-corrected chi connectivity index (χ0v) is 23.5. The highest BCUT2D eigenvalue weighted by Crippen LogP contribution is 2.47. The van der Waals surface area contributed by atoms with Gasteiger partial charge in [-0.1, -0.05) is 63.5 Å². The number of rotatable bonds is 8. The molecule has 0 saturated heterocycles. The molecule has 0 heterocycles. The van der Waals surface area contributed by atoms with E-state index < -0.39 is 11.8 Å². The van der Waals surface area contributed by atoms with Gasteiger partial charge in [-0.15, -0.1) is 0 Å². The van der Waals surface area contributed by atoms with Crippen molar-refractivity contribution in [1.82, 2.24) is 0 Å². The lowest BCUT2D eigenvalue weighted by Crippen LogP contribution is -2.25. The molecule has 2 aromatic carbocycles. The fourth-order valence-electron chi connectivity index (χ4n) is 5.89. The summed E-state index contributed by atoms with van der Waals surface area (Å²) in [6.07, 6.45) is 10.3. The predicted molar refractivity (Wildman–Crippen MR) is 149 cm³/mol. The van der Waals surface area contributed by atoms with Gasteiger partial charge in [-0.2, -0.15) is 0 Å². The highest BCUT2D eigenvalue weighted by molar-refractivity contribution is 14.1. The maximum Gasteiger partial charge on any atom is 0.148 e. The van der Waals surface area contributed by atoms with Gasteiger partial charge in [-0.05, 0) is 82.0 Å². The van der Waals surface area contributed by atoms with Gasteiger partial charge in [-0.25, -0.2) is 0 Å². The fraction of sp³-hybridized carbons (Fsp3) is 0.519. The van der Waals surface area contributed by atoms with Crippen molar-refractivity contribution in [3.63, 3.8) is 0 Å². The molecule has 2 aliphatic rings. The minimum absolute atomic E-state index is 0.00199. The van der Waals surface area contributed by atoms with Crippen molar-refractivity contribution in [2.24, 2.45) is 11.8 Å². The third-order valence-electron chi connectivity index (χ3n) is 7.78. The number of hydrogen-bond donors (Lipinski definition) is 4. The van der Waals surface area contributed by atoms with Gasteiger partial charge in [0.1, 0.15) is 28.8 Å². The van der Waals surface area contributed by atoms with Gasteiger partial charge in [0.05, 0.1) is 7.14 Å². The lowest BCUT2D eigenvalue weighted by molar-refractivity contribution is -0.122. The van der Waals surface area contributed by atoms with E-state index in [0.29, 0.717) is 42.9 Å². The predicted octanol–water partition coefficient (Wildman–Crippen LogP) is 7.32. The van der Waals surface area contributed by atoms with E-state index in [2.05, 4.69) is 0 Å². The molecule has 0 spiro atoms. The summed E-state index contributed by atoms with van der Waals surface area (Å²) in [4.78, 5) is 14.4. The highest BCUT2D eigenvalue weighted by atomic mass is 127. The molecule has 0 amide bonds. The molecule has 2 aliphatic carbocycles. The van der Waals surface area contributed by atoms with Gasteiger partial charge in [0.25, 0.3) is 0 Å². The largest absolute Gasteiger partial charge is 0.507 e. The second kappa shape index (κ2) is 11.2. The number of phenols is 4. The molecular formula is C27H32I2O5. The molecule has 2 aromatic rings. The summed E-state index contributed by atoms with van der Waals surface area (Å²) in [6, 6.07) is 6.46. The lowest BCUT2D eigenvalue weighted by atomic mass is 9.75. The van der Waals surface area contributed by atoms with Gasteiger partial charge in [0.2, 0.25) is 0 Å². The minimum Gasteiger partial charge on any atom is -0.507 e. The van der Waals surface area contributed by atoms with E-state index in [1.165, 1.54) is 0 Å². The number of benzene rings is 2. The van der Waals surface area contributed by atoms with Crippen LogP contribution in [0, 0.1) is 19.0 Å². The van der Waals surface area contributed by atoms with Crippen LogP contribution >= 0.6 is 45.2 Å². The van der Waals surface area contributed by atoms with Crippen molar-refractivity contribution >= 4 is 51.0 Å². The van der Waals surface area contributed by atoms with Crippen molar-refractivity contribution in [1.29, 1.82) is 0 Å². The molecule has 5 nitrogen and oxygen atoms in total. The molecule has 184 valence electrons. The smallest absolute Gasteiger partial charge is 0.148 e. The minimum atomic E-state index is -0.519. The SMILES string of the molecule is O=C(C(CC1CCCC1)c1ccc(O)c(I)c1O)C(CC1CCCC1)c1ccc(O)c(I)c1O. The molecule has 34 heavy (non-hydrogen) atoms. The van der Waals surface area contributed by atoms with Gasteiger partial charge in [0.15, 0.2) is 0 Å². The molecule has 0 bridgehead atoms. The summed E-state index contributed by atoms with van der Waals surface area (Å²) in [5.74, 6) is -0.246. The second-order valence-electron chi connectivity index (χ2n) is 9.95. The van der Waals surface area contributed by atoms with Gasteiger partial charge < -0.3 is 20.4 Å². The number of Topliss-reactive ketones (excluding diaryl/α,β-unsaturated/α-hetero) is 1. The Morgan fingerprint density at radius 1 is 0.706 bits per heavy atom. The molecule has 2 unspecified atom stereocenters. The maximum absolute atomic E-state index is 14.4. The number of halogens is 2. The monoisotopic (exact) mass is 690 g/mol. The van der Waals surface area contributed by atoms with E-state index >= 15 is 0 Å². The quantitative estimate of drug-likeness (QED) is 0.218. The number of carbonyl (C=O) groups is 1. The van der Waals surface area contributed by atoms with Crippen LogP contribution in [0.15, 0.2) is 24.3 Å². The molecular weight excluding hydrogens is 658 g/mol. The van der Waals surface area contributed by atoms with Crippen molar-refractivity contribution in [3.05, 3.63) is 42.5 Å². The van der Waals surface area contributed by atoms with Gasteiger partial charge >= 0.3 is 0 Å². The number of ketones is 1. The van der Waals surface area contributed by atoms with Crippen LogP contribution in [0.3, 0.4) is 0 Å². The van der Waals surface area contributed by atoms with Crippen LogP contribution in [0.5, 0.6) is 23.0 Å². The van der Waals surface area contributed by atoms with Crippen LogP contribution in [-0.4, -0.2) is 26.2 Å². The topological polar surface area (TPSA) is 98.0 Å². The van der Waals surface area contributed by atoms with E-state index in [1.54, 1.807) is 24.3 Å². The first-order valence-electron chi connectivity index (χ1n) is 12.2. The van der Waals surface area contributed by atoms with Crippen LogP contribution in [0.25, 0.3) is 0 Å². The van der Waals surface area contributed by atoms with Crippen LogP contribution < -0.4 is 0 Å². The van der Waals surface area contributed by atoms with Gasteiger partial charge in [0, 0.05) is 23.0 Å². The summed E-state index contributed by atoms with van der Waals surface area (Å²) in [5.41, 5.74) is 1.12. The van der Waals surface area contributed by atoms with Crippen LogP contribution in [-0.2, 0) is 4.79 Å². The molecule has 0 aliphatic heterocycles. The summed E-state index contributed by atoms with van der Waals surface area (Å²) in [7, 11) is 0. The Labute approximate surface area is 228 Å². The number of phenolic OH excluding ortho intramolecular Hbond substituents is 4. The Morgan fingerprint density at radius 3 is 1.41 bits per heavy atom. The second-order valence-corrected chi connectivity index (χ2v) is 12.1. The van der Waals surface area contributed by atoms with Crippen LogP contribution in [0.4, 0.5) is 0 Å². The van der Waals surface area contributed by atoms with Crippen molar-refractivity contribution in [2.75, 3.05) is 0 Å². The Morgan fingerprint density at radius 2 is 1.06 bits per heavy atom. The van der Waals surface area contributed by atoms with E-state index in [-0.39, 0.29) is 28.8 Å². The third kappa shape index (κ3) is 5.44. The first-order chi connectivity index (χ1) is 16.3.